The molecule has 2 unspecified atom stereocenters. The average Bonchev–Trinajstić information content (AvgIpc) is 2.25. The zero-order valence-electron chi connectivity index (χ0n) is 10.1. The lowest BCUT2D eigenvalue weighted by molar-refractivity contribution is -0.141. The highest BCUT2D eigenvalue weighted by molar-refractivity contribution is 7.94. The van der Waals surface area contributed by atoms with E-state index in [1.54, 1.807) is 6.92 Å². The average molecular weight is 311 g/mol. The molecule has 9 heteroatoms. The number of hydrogen-bond donors (Lipinski definition) is 1. The van der Waals surface area contributed by atoms with Crippen LogP contribution < -0.4 is 5.73 Å². The first kappa shape index (κ1) is 15.8. The number of rotatable bonds is 2. The van der Waals surface area contributed by atoms with Gasteiger partial charge < -0.3 is 5.73 Å². The summed E-state index contributed by atoms with van der Waals surface area (Å²) < 4.78 is 52.9. The Kier molecular flexibility index (Phi) is 4.51. The molecular formula is C10H12F3N3OS2. The maximum absolute atomic E-state index is 12.4. The fraction of sp³-hybridized carbons (Fsp3) is 0.400. The number of hydrogen-bond acceptors (Lipinski definition) is 3. The molecule has 0 aliphatic heterocycles. The summed E-state index contributed by atoms with van der Waals surface area (Å²) in [7, 11) is -2.77. The second kappa shape index (κ2) is 5.41. The van der Waals surface area contributed by atoms with Crippen LogP contribution in [0.25, 0.3) is 0 Å². The molecule has 0 aromatic carbocycles. The van der Waals surface area contributed by atoms with E-state index < -0.39 is 26.8 Å². The number of nitrogens with two attached hydrogens (primary N) is 1. The Bertz CT molecular complexity index is 589. The highest BCUT2D eigenvalue weighted by atomic mass is 32.2. The monoisotopic (exact) mass is 311 g/mol. The third-order valence-electron chi connectivity index (χ3n) is 2.47. The van der Waals surface area contributed by atoms with Gasteiger partial charge in [0, 0.05) is 12.5 Å². The number of nitrogens with zero attached hydrogens (tertiary/aromatic N) is 2. The first-order valence-corrected chi connectivity index (χ1v) is 7.47. The SMILES string of the molecule is CC(c1ccc(C(F)(F)F)nc1)S(C)(=O)=NC(N)=S. The van der Waals surface area contributed by atoms with Crippen LogP contribution in [0.2, 0.25) is 0 Å². The number of thiocarbonyl (C=S) groups is 1. The van der Waals surface area contributed by atoms with Crippen LogP contribution in [0.15, 0.2) is 22.7 Å². The molecule has 0 aliphatic carbocycles. The summed E-state index contributed by atoms with van der Waals surface area (Å²) in [5.74, 6) is 0. The van der Waals surface area contributed by atoms with E-state index >= 15 is 0 Å². The zero-order valence-corrected chi connectivity index (χ0v) is 11.8. The summed E-state index contributed by atoms with van der Waals surface area (Å²) in [6.45, 7) is 1.56. The van der Waals surface area contributed by atoms with Gasteiger partial charge in [-0.3, -0.25) is 4.98 Å². The fourth-order valence-electron chi connectivity index (χ4n) is 1.32. The molecule has 0 fully saturated rings. The van der Waals surface area contributed by atoms with Gasteiger partial charge in [0.2, 0.25) is 0 Å². The Morgan fingerprint density at radius 1 is 1.53 bits per heavy atom. The van der Waals surface area contributed by atoms with Crippen molar-refractivity contribution >= 4 is 27.1 Å². The van der Waals surface area contributed by atoms with Crippen LogP contribution in [-0.4, -0.2) is 20.6 Å². The lowest BCUT2D eigenvalue weighted by Crippen LogP contribution is -2.14. The Morgan fingerprint density at radius 2 is 2.11 bits per heavy atom. The van der Waals surface area contributed by atoms with Crippen molar-refractivity contribution in [2.75, 3.05) is 6.26 Å². The second-order valence-electron chi connectivity index (χ2n) is 3.91. The Labute approximate surface area is 114 Å². The molecule has 0 bridgehead atoms. The van der Waals surface area contributed by atoms with Gasteiger partial charge in [0.25, 0.3) is 0 Å². The molecular weight excluding hydrogens is 299 g/mol. The van der Waals surface area contributed by atoms with Crippen LogP contribution in [0.1, 0.15) is 23.4 Å². The lowest BCUT2D eigenvalue weighted by atomic mass is 10.2. The van der Waals surface area contributed by atoms with Crippen molar-refractivity contribution in [1.82, 2.24) is 4.98 Å². The van der Waals surface area contributed by atoms with E-state index in [9.17, 15) is 17.4 Å². The summed E-state index contributed by atoms with van der Waals surface area (Å²) in [6, 6.07) is 2.06. The predicted molar refractivity (Wildman–Crippen MR) is 70.9 cm³/mol. The molecule has 1 rings (SSSR count). The Hall–Kier alpha value is -1.22. The van der Waals surface area contributed by atoms with Crippen LogP contribution in [0.4, 0.5) is 13.2 Å². The zero-order chi connectivity index (χ0) is 14.8. The summed E-state index contributed by atoms with van der Waals surface area (Å²) in [5.41, 5.74) is 4.57. The summed E-state index contributed by atoms with van der Waals surface area (Å²) in [4.78, 5) is 3.31. The van der Waals surface area contributed by atoms with Crippen LogP contribution in [0, 0.1) is 0 Å². The molecule has 0 spiro atoms. The summed E-state index contributed by atoms with van der Waals surface area (Å²) in [5, 5.41) is -0.886. The molecule has 2 N–H and O–H groups in total. The first-order chi connectivity index (χ1) is 8.54. The van der Waals surface area contributed by atoms with Crippen molar-refractivity contribution in [3.8, 4) is 0 Å². The van der Waals surface area contributed by atoms with Gasteiger partial charge in [-0.15, -0.1) is 0 Å². The molecule has 0 saturated carbocycles. The minimum Gasteiger partial charge on any atom is -0.374 e. The molecule has 2 atom stereocenters. The highest BCUT2D eigenvalue weighted by Crippen LogP contribution is 2.29. The molecule has 0 radical (unpaired) electrons. The standard InChI is InChI=1S/C10H12F3N3OS2/c1-6(19(2,17)16-9(14)18)7-3-4-8(15-5-7)10(11,12)13/h3-6H,1-2H3,(H2,14,18). The maximum atomic E-state index is 12.4. The number of pyridine rings is 1. The van der Waals surface area contributed by atoms with Crippen LogP contribution in [-0.2, 0) is 15.9 Å². The largest absolute Gasteiger partial charge is 0.433 e. The van der Waals surface area contributed by atoms with E-state index in [0.29, 0.717) is 5.56 Å². The molecule has 0 aliphatic rings. The minimum absolute atomic E-state index is 0.251. The quantitative estimate of drug-likeness (QED) is 0.852. The number of aromatic nitrogens is 1. The third kappa shape index (κ3) is 4.13. The van der Waals surface area contributed by atoms with Crippen molar-refractivity contribution in [2.45, 2.75) is 18.3 Å². The van der Waals surface area contributed by atoms with Crippen molar-refractivity contribution < 1.29 is 17.4 Å². The van der Waals surface area contributed by atoms with Gasteiger partial charge in [0.1, 0.15) is 5.69 Å². The molecule has 1 aromatic heterocycles. The van der Waals surface area contributed by atoms with E-state index in [1.165, 1.54) is 12.3 Å². The fourth-order valence-corrected chi connectivity index (χ4v) is 2.93. The van der Waals surface area contributed by atoms with Gasteiger partial charge in [-0.2, -0.15) is 17.5 Å². The second-order valence-corrected chi connectivity index (χ2v) is 6.94. The van der Waals surface area contributed by atoms with Crippen molar-refractivity contribution in [3.05, 3.63) is 29.6 Å². The third-order valence-corrected chi connectivity index (χ3v) is 4.82. The smallest absolute Gasteiger partial charge is 0.374 e. The molecule has 0 amide bonds. The van der Waals surface area contributed by atoms with E-state index in [0.717, 1.165) is 12.3 Å². The van der Waals surface area contributed by atoms with Gasteiger partial charge >= 0.3 is 6.18 Å². The van der Waals surface area contributed by atoms with Crippen LogP contribution in [0.5, 0.6) is 0 Å². The number of halogens is 3. The summed E-state index contributed by atoms with van der Waals surface area (Å²) in [6.07, 6.45) is -2.13. The Balaban J connectivity index is 3.13. The number of alkyl halides is 3. The van der Waals surface area contributed by atoms with E-state index in [1.807, 2.05) is 0 Å². The molecule has 4 nitrogen and oxygen atoms in total. The van der Waals surface area contributed by atoms with Gasteiger partial charge in [0.15, 0.2) is 5.11 Å². The Morgan fingerprint density at radius 3 is 2.47 bits per heavy atom. The molecule has 19 heavy (non-hydrogen) atoms. The van der Waals surface area contributed by atoms with E-state index in [-0.39, 0.29) is 5.11 Å². The van der Waals surface area contributed by atoms with Gasteiger partial charge in [-0.25, -0.2) is 4.21 Å². The molecule has 106 valence electrons. The van der Waals surface area contributed by atoms with Gasteiger partial charge in [-0.1, -0.05) is 6.07 Å². The van der Waals surface area contributed by atoms with Gasteiger partial charge in [-0.05, 0) is 30.8 Å². The van der Waals surface area contributed by atoms with Gasteiger partial charge in [0.05, 0.1) is 15.0 Å². The highest BCUT2D eigenvalue weighted by Gasteiger charge is 2.32. The topological polar surface area (TPSA) is 68.3 Å². The van der Waals surface area contributed by atoms with Crippen molar-refractivity contribution in [2.24, 2.45) is 10.1 Å². The van der Waals surface area contributed by atoms with Crippen molar-refractivity contribution in [3.63, 3.8) is 0 Å². The maximum Gasteiger partial charge on any atom is 0.433 e. The van der Waals surface area contributed by atoms with Crippen LogP contribution >= 0.6 is 12.2 Å². The normalized spacial score (nSPS) is 16.5. The minimum atomic E-state index is -4.50. The van der Waals surface area contributed by atoms with Crippen LogP contribution in [0.3, 0.4) is 0 Å². The molecule has 1 aromatic rings. The summed E-state index contributed by atoms with van der Waals surface area (Å²) >= 11 is 4.55. The lowest BCUT2D eigenvalue weighted by Gasteiger charge is -2.14. The molecule has 0 saturated heterocycles. The predicted octanol–water partition coefficient (Wildman–Crippen LogP) is 2.50. The van der Waals surface area contributed by atoms with Crippen molar-refractivity contribution in [1.29, 1.82) is 0 Å². The molecule has 1 heterocycles. The van der Waals surface area contributed by atoms with E-state index in [2.05, 4.69) is 21.6 Å². The van der Waals surface area contributed by atoms with E-state index in [4.69, 9.17) is 5.73 Å². The first-order valence-electron chi connectivity index (χ1n) is 5.07.